The van der Waals surface area contributed by atoms with Crippen molar-refractivity contribution in [2.24, 2.45) is 0 Å². The summed E-state index contributed by atoms with van der Waals surface area (Å²) in [5.41, 5.74) is 1.18. The van der Waals surface area contributed by atoms with Crippen molar-refractivity contribution in [1.82, 2.24) is 20.4 Å². The summed E-state index contributed by atoms with van der Waals surface area (Å²) >= 11 is 1.68. The molecule has 196 valence electrons. The maximum atomic E-state index is 12.7. The van der Waals surface area contributed by atoms with Gasteiger partial charge in [0.15, 0.2) is 0 Å². The van der Waals surface area contributed by atoms with E-state index in [0.717, 1.165) is 45.0 Å². The Labute approximate surface area is 217 Å². The summed E-state index contributed by atoms with van der Waals surface area (Å²) in [6.07, 6.45) is 0. The van der Waals surface area contributed by atoms with Crippen molar-refractivity contribution in [2.45, 2.75) is 19.0 Å². The zero-order chi connectivity index (χ0) is 25.3. The number of morpholine rings is 1. The van der Waals surface area contributed by atoms with Gasteiger partial charge in [0, 0.05) is 69.0 Å². The highest BCUT2D eigenvalue weighted by atomic mass is 32.1. The van der Waals surface area contributed by atoms with Crippen LogP contribution in [-0.4, -0.2) is 100 Å². The Morgan fingerprint density at radius 1 is 1.03 bits per heavy atom. The number of carbonyl (C=O) groups excluding carboxylic acids is 2. The number of carbonyl (C=O) groups is 2. The van der Waals surface area contributed by atoms with Crippen molar-refractivity contribution in [3.8, 4) is 5.75 Å². The fourth-order valence-corrected chi connectivity index (χ4v) is 5.80. The predicted molar refractivity (Wildman–Crippen MR) is 142 cm³/mol. The van der Waals surface area contributed by atoms with Gasteiger partial charge in [-0.1, -0.05) is 6.07 Å². The van der Waals surface area contributed by atoms with Crippen molar-refractivity contribution in [3.05, 3.63) is 46.7 Å². The molecule has 2 N–H and O–H groups in total. The lowest BCUT2D eigenvalue weighted by atomic mass is 10.0. The summed E-state index contributed by atoms with van der Waals surface area (Å²) in [7, 11) is 1.67. The molecule has 0 spiro atoms. The minimum Gasteiger partial charge on any atom is -0.497 e. The molecule has 2 fully saturated rings. The zero-order valence-electron chi connectivity index (χ0n) is 21.2. The highest BCUT2D eigenvalue weighted by Crippen LogP contribution is 2.30. The molecule has 3 heterocycles. The number of nitrogens with zero attached hydrogens (tertiary/aromatic N) is 3. The van der Waals surface area contributed by atoms with Crippen molar-refractivity contribution in [3.63, 3.8) is 0 Å². The number of amides is 2. The highest BCUT2D eigenvalue weighted by molar-refractivity contribution is 7.10. The molecule has 4 rings (SSSR count). The van der Waals surface area contributed by atoms with Gasteiger partial charge < -0.3 is 25.0 Å². The average molecular weight is 516 g/mol. The molecule has 0 radical (unpaired) electrons. The van der Waals surface area contributed by atoms with Gasteiger partial charge in [0.1, 0.15) is 5.75 Å². The maximum Gasteiger partial charge on any atom is 0.309 e. The van der Waals surface area contributed by atoms with Gasteiger partial charge in [0.2, 0.25) is 0 Å². The molecule has 2 saturated heterocycles. The molecular formula is C26H37N5O4S. The molecule has 9 nitrogen and oxygen atoms in total. The van der Waals surface area contributed by atoms with Crippen LogP contribution < -0.4 is 20.3 Å². The molecule has 2 aromatic rings. The van der Waals surface area contributed by atoms with Gasteiger partial charge in [0.05, 0.1) is 26.4 Å². The third kappa shape index (κ3) is 6.97. The first kappa shape index (κ1) is 26.4. The lowest BCUT2D eigenvalue weighted by Crippen LogP contribution is -2.54. The van der Waals surface area contributed by atoms with Crippen molar-refractivity contribution >= 4 is 28.8 Å². The lowest BCUT2D eigenvalue weighted by Gasteiger charge is -2.42. The van der Waals surface area contributed by atoms with Crippen molar-refractivity contribution < 1.29 is 19.1 Å². The van der Waals surface area contributed by atoms with E-state index in [1.54, 1.807) is 18.4 Å². The minimum absolute atomic E-state index is 0.00752. The number of nitrogens with one attached hydrogen (secondary N) is 2. The van der Waals surface area contributed by atoms with E-state index in [9.17, 15) is 9.59 Å². The van der Waals surface area contributed by atoms with E-state index in [-0.39, 0.29) is 12.1 Å². The van der Waals surface area contributed by atoms with E-state index >= 15 is 0 Å². The second-order valence-corrected chi connectivity index (χ2v) is 10.1. The van der Waals surface area contributed by atoms with Crippen LogP contribution in [0.15, 0.2) is 41.8 Å². The molecular weight excluding hydrogens is 478 g/mol. The molecule has 2 amide bonds. The molecule has 0 unspecified atom stereocenters. The molecule has 1 aromatic heterocycles. The Balaban J connectivity index is 1.30. The standard InChI is InChI=1S/C26H37N5O4S/c1-20(28-26(33)25(32)27-9-10-29-15-17-35-18-16-29)24(23-4-3-19-36-23)31-13-11-30(12-14-31)21-5-7-22(34-2)8-6-21/h3-8,19-20,24H,9-18H2,1-2H3,(H,27,32)(H,28,33)/t20-,24-/m1/s1. The van der Waals surface area contributed by atoms with Crippen LogP contribution in [0, 0.1) is 0 Å². The Morgan fingerprint density at radius 3 is 2.39 bits per heavy atom. The summed E-state index contributed by atoms with van der Waals surface area (Å²) in [6.45, 7) is 9.78. The van der Waals surface area contributed by atoms with Crippen LogP contribution in [0.25, 0.3) is 0 Å². The Hall–Kier alpha value is -2.66. The smallest absolute Gasteiger partial charge is 0.309 e. The van der Waals surface area contributed by atoms with Crippen LogP contribution in [0.1, 0.15) is 17.8 Å². The van der Waals surface area contributed by atoms with E-state index in [1.165, 1.54) is 10.6 Å². The van der Waals surface area contributed by atoms with E-state index in [0.29, 0.717) is 26.3 Å². The quantitative estimate of drug-likeness (QED) is 0.491. The van der Waals surface area contributed by atoms with Gasteiger partial charge in [-0.25, -0.2) is 0 Å². The normalized spacial score (nSPS) is 18.9. The van der Waals surface area contributed by atoms with Crippen LogP contribution in [0.5, 0.6) is 5.75 Å². The van der Waals surface area contributed by atoms with Gasteiger partial charge in [-0.2, -0.15) is 0 Å². The van der Waals surface area contributed by atoms with Gasteiger partial charge in [0.25, 0.3) is 0 Å². The fraction of sp³-hybridized carbons (Fsp3) is 0.538. The first-order valence-corrected chi connectivity index (χ1v) is 13.5. The molecule has 0 aliphatic carbocycles. The lowest BCUT2D eigenvalue weighted by molar-refractivity contribution is -0.139. The molecule has 2 aliphatic rings. The summed E-state index contributed by atoms with van der Waals surface area (Å²) < 4.78 is 10.6. The topological polar surface area (TPSA) is 86.4 Å². The van der Waals surface area contributed by atoms with Crippen molar-refractivity contribution in [1.29, 1.82) is 0 Å². The molecule has 1 aromatic carbocycles. The molecule has 10 heteroatoms. The van der Waals surface area contributed by atoms with Crippen molar-refractivity contribution in [2.75, 3.05) is 77.6 Å². The van der Waals surface area contributed by atoms with E-state index < -0.39 is 11.8 Å². The SMILES string of the molecule is COc1ccc(N2CCN([C@@H](c3cccs3)[C@@H](C)NC(=O)C(=O)NCCN3CCOCC3)CC2)cc1. The zero-order valence-corrected chi connectivity index (χ0v) is 22.0. The molecule has 0 bridgehead atoms. The number of ether oxygens (including phenoxy) is 2. The molecule has 36 heavy (non-hydrogen) atoms. The number of piperazine rings is 1. The highest BCUT2D eigenvalue weighted by Gasteiger charge is 2.32. The second kappa shape index (κ2) is 13.0. The van der Waals surface area contributed by atoms with Gasteiger partial charge in [-0.3, -0.25) is 19.4 Å². The van der Waals surface area contributed by atoms with Crippen LogP contribution >= 0.6 is 11.3 Å². The second-order valence-electron chi connectivity index (χ2n) is 9.15. The fourth-order valence-electron chi connectivity index (χ4n) is 4.84. The molecule has 2 aliphatic heterocycles. The summed E-state index contributed by atoms with van der Waals surface area (Å²) in [5.74, 6) is -0.308. The first-order valence-electron chi connectivity index (χ1n) is 12.6. The Kier molecular flexibility index (Phi) is 9.57. The van der Waals surface area contributed by atoms with E-state index in [2.05, 4.69) is 48.9 Å². The number of hydrogen-bond acceptors (Lipinski definition) is 8. The van der Waals surface area contributed by atoms with Gasteiger partial charge in [-0.05, 0) is 42.6 Å². The van der Waals surface area contributed by atoms with Crippen LogP contribution in [0.3, 0.4) is 0 Å². The third-order valence-corrected chi connectivity index (χ3v) is 7.78. The van der Waals surface area contributed by atoms with Gasteiger partial charge >= 0.3 is 11.8 Å². The van der Waals surface area contributed by atoms with E-state index in [1.807, 2.05) is 25.1 Å². The third-order valence-electron chi connectivity index (χ3n) is 6.84. The maximum absolute atomic E-state index is 12.7. The Bertz CT molecular complexity index is 957. The van der Waals surface area contributed by atoms with Crippen LogP contribution in [-0.2, 0) is 14.3 Å². The monoisotopic (exact) mass is 515 g/mol. The number of rotatable bonds is 9. The summed E-state index contributed by atoms with van der Waals surface area (Å²) in [4.78, 5) is 33.3. The van der Waals surface area contributed by atoms with Crippen LogP contribution in [0.2, 0.25) is 0 Å². The van der Waals surface area contributed by atoms with Crippen LogP contribution in [0.4, 0.5) is 5.69 Å². The molecule has 0 saturated carbocycles. The average Bonchev–Trinajstić information content (AvgIpc) is 3.44. The number of hydrogen-bond donors (Lipinski definition) is 2. The minimum atomic E-state index is -0.581. The number of methoxy groups -OCH3 is 1. The number of thiophene rings is 1. The summed E-state index contributed by atoms with van der Waals surface area (Å²) in [6, 6.07) is 12.1. The first-order chi connectivity index (χ1) is 17.5. The Morgan fingerprint density at radius 2 is 1.75 bits per heavy atom. The predicted octanol–water partition coefficient (Wildman–Crippen LogP) is 1.57. The summed E-state index contributed by atoms with van der Waals surface area (Å²) in [5, 5.41) is 7.78. The molecule has 2 atom stereocenters. The van der Waals surface area contributed by atoms with E-state index in [4.69, 9.17) is 9.47 Å². The van der Waals surface area contributed by atoms with Gasteiger partial charge in [-0.15, -0.1) is 11.3 Å². The number of anilines is 1. The largest absolute Gasteiger partial charge is 0.497 e. The number of benzene rings is 1.